The molecule has 0 N–H and O–H groups in total. The van der Waals surface area contributed by atoms with Crippen molar-refractivity contribution in [2.75, 3.05) is 45.5 Å². The molecule has 34 heavy (non-hydrogen) atoms. The molecule has 2 bridgehead atoms. The number of nitrogens with zero attached hydrogens (tertiary/aromatic N) is 3. The molecule has 1 aromatic heterocycles. The molecule has 3 atom stereocenters. The summed E-state index contributed by atoms with van der Waals surface area (Å²) < 4.78 is 60.0. The maximum absolute atomic E-state index is 14.6. The number of rotatable bonds is 8. The first kappa shape index (κ1) is 22.9. The zero-order valence-corrected chi connectivity index (χ0v) is 19.7. The number of aromatic nitrogens is 1. The molecule has 0 radical (unpaired) electrons. The van der Waals surface area contributed by atoms with Crippen molar-refractivity contribution in [1.29, 1.82) is 0 Å². The Morgan fingerprint density at radius 2 is 1.97 bits per heavy atom. The standard InChI is InChI=1S/C24H26FN3O5S/c1-26(2)17-12-22(20-8-3-4-9-21(20)25)28(14-17)34(29,30)19-7-5-6-18(13-19)32-16-33-24-23-15-27(24)10-11-31-23/h3-9,12-14,23-24H,10-11,15-16H2,1-2H3. The van der Waals surface area contributed by atoms with E-state index in [4.69, 9.17) is 14.2 Å². The van der Waals surface area contributed by atoms with E-state index in [2.05, 4.69) is 4.90 Å². The van der Waals surface area contributed by atoms with Crippen LogP contribution < -0.4 is 9.64 Å². The summed E-state index contributed by atoms with van der Waals surface area (Å²) in [5.74, 6) is -0.147. The number of anilines is 1. The summed E-state index contributed by atoms with van der Waals surface area (Å²) >= 11 is 0. The fourth-order valence-corrected chi connectivity index (χ4v) is 5.56. The highest BCUT2D eigenvalue weighted by Crippen LogP contribution is 2.32. The Morgan fingerprint density at radius 3 is 2.68 bits per heavy atom. The van der Waals surface area contributed by atoms with Crippen LogP contribution in [0.1, 0.15) is 0 Å². The molecular formula is C24H26FN3O5S. The number of halogens is 1. The Bertz CT molecular complexity index is 1280. The van der Waals surface area contributed by atoms with Gasteiger partial charge in [0.15, 0.2) is 6.79 Å². The Hall–Kier alpha value is -2.92. The van der Waals surface area contributed by atoms with Crippen molar-refractivity contribution in [3.63, 3.8) is 0 Å². The molecule has 0 spiro atoms. The van der Waals surface area contributed by atoms with Gasteiger partial charge in [-0.2, -0.15) is 0 Å². The molecule has 2 saturated heterocycles. The van der Waals surface area contributed by atoms with Crippen molar-refractivity contribution in [3.05, 3.63) is 66.6 Å². The maximum Gasteiger partial charge on any atom is 0.268 e. The van der Waals surface area contributed by atoms with Crippen LogP contribution in [0, 0.1) is 5.82 Å². The summed E-state index contributed by atoms with van der Waals surface area (Å²) in [5, 5.41) is 0. The van der Waals surface area contributed by atoms with Crippen LogP contribution in [0.2, 0.25) is 0 Å². The third-order valence-corrected chi connectivity index (χ3v) is 7.74. The molecule has 2 aliphatic rings. The smallest absolute Gasteiger partial charge is 0.268 e. The maximum atomic E-state index is 14.6. The third-order valence-electron chi connectivity index (χ3n) is 6.07. The molecule has 2 fully saturated rings. The van der Waals surface area contributed by atoms with Gasteiger partial charge >= 0.3 is 0 Å². The first-order chi connectivity index (χ1) is 16.3. The number of fused-ring (bicyclic) bond motifs is 2. The Balaban J connectivity index is 1.40. The number of morpholine rings is 2. The van der Waals surface area contributed by atoms with Gasteiger partial charge in [0.1, 0.15) is 23.9 Å². The lowest BCUT2D eigenvalue weighted by molar-refractivity contribution is -0.270. The van der Waals surface area contributed by atoms with Crippen molar-refractivity contribution in [1.82, 2.24) is 8.87 Å². The molecule has 2 aliphatic heterocycles. The number of hydrogen-bond acceptors (Lipinski definition) is 7. The third kappa shape index (κ3) is 4.18. The predicted octanol–water partition coefficient (Wildman–Crippen LogP) is 2.99. The molecule has 0 amide bonds. The molecular weight excluding hydrogens is 461 g/mol. The van der Waals surface area contributed by atoms with Crippen molar-refractivity contribution >= 4 is 15.7 Å². The van der Waals surface area contributed by atoms with Gasteiger partial charge < -0.3 is 19.1 Å². The molecule has 3 aromatic rings. The van der Waals surface area contributed by atoms with E-state index in [1.807, 2.05) is 0 Å². The average molecular weight is 488 g/mol. The van der Waals surface area contributed by atoms with Gasteiger partial charge in [-0.15, -0.1) is 0 Å². The first-order valence-electron chi connectivity index (χ1n) is 10.9. The lowest BCUT2D eigenvalue weighted by Crippen LogP contribution is -2.67. The lowest BCUT2D eigenvalue weighted by Gasteiger charge is -2.50. The van der Waals surface area contributed by atoms with Gasteiger partial charge in [-0.3, -0.25) is 4.90 Å². The molecule has 0 saturated carbocycles. The van der Waals surface area contributed by atoms with Gasteiger partial charge in [0.25, 0.3) is 10.0 Å². The van der Waals surface area contributed by atoms with E-state index in [1.54, 1.807) is 55.4 Å². The number of ether oxygens (including phenoxy) is 3. The first-order valence-corrected chi connectivity index (χ1v) is 12.4. The average Bonchev–Trinajstić information content (AvgIpc) is 3.29. The Kier molecular flexibility index (Phi) is 6.07. The molecule has 5 rings (SSSR count). The van der Waals surface area contributed by atoms with Gasteiger partial charge in [0.05, 0.1) is 22.9 Å². The van der Waals surface area contributed by atoms with E-state index in [-0.39, 0.29) is 35.3 Å². The highest BCUT2D eigenvalue weighted by atomic mass is 32.2. The molecule has 2 aromatic carbocycles. The minimum atomic E-state index is -4.04. The minimum Gasteiger partial charge on any atom is -0.467 e. The fraction of sp³-hybridized carbons (Fsp3) is 0.333. The van der Waals surface area contributed by atoms with Crippen LogP contribution in [0.3, 0.4) is 0 Å². The molecule has 3 heterocycles. The van der Waals surface area contributed by atoms with Crippen LogP contribution in [0.4, 0.5) is 10.1 Å². The summed E-state index contributed by atoms with van der Waals surface area (Å²) in [7, 11) is -0.452. The SMILES string of the molecule is CN(C)c1cc(-c2ccccc2F)n(S(=O)(=O)c2cccc(OCOC3C4CN3CCO4)c2)c1. The highest BCUT2D eigenvalue weighted by Gasteiger charge is 2.44. The van der Waals surface area contributed by atoms with Crippen molar-refractivity contribution < 1.29 is 27.0 Å². The van der Waals surface area contributed by atoms with Gasteiger partial charge in [-0.25, -0.2) is 16.8 Å². The van der Waals surface area contributed by atoms with E-state index < -0.39 is 15.8 Å². The summed E-state index contributed by atoms with van der Waals surface area (Å²) in [6, 6.07) is 13.9. The van der Waals surface area contributed by atoms with Crippen LogP contribution >= 0.6 is 0 Å². The molecule has 10 heteroatoms. The van der Waals surface area contributed by atoms with Gasteiger partial charge in [0, 0.05) is 45.0 Å². The van der Waals surface area contributed by atoms with Crippen molar-refractivity contribution in [2.45, 2.75) is 17.2 Å². The fourth-order valence-electron chi connectivity index (χ4n) is 4.16. The summed E-state index contributed by atoms with van der Waals surface area (Å²) in [6.07, 6.45) is 1.41. The molecule has 8 nitrogen and oxygen atoms in total. The highest BCUT2D eigenvalue weighted by molar-refractivity contribution is 7.90. The van der Waals surface area contributed by atoms with Gasteiger partial charge in [-0.1, -0.05) is 18.2 Å². The quantitative estimate of drug-likeness (QED) is 0.453. The van der Waals surface area contributed by atoms with E-state index in [9.17, 15) is 12.8 Å². The van der Waals surface area contributed by atoms with E-state index in [0.29, 0.717) is 18.0 Å². The van der Waals surface area contributed by atoms with E-state index in [0.717, 1.165) is 17.1 Å². The summed E-state index contributed by atoms with van der Waals surface area (Å²) in [5.41, 5.74) is 1.07. The largest absolute Gasteiger partial charge is 0.467 e. The van der Waals surface area contributed by atoms with E-state index in [1.165, 1.54) is 24.4 Å². The minimum absolute atomic E-state index is 0.0242. The normalized spacial score (nSPS) is 21.7. The second kappa shape index (κ2) is 9.03. The number of benzene rings is 2. The molecule has 3 unspecified atom stereocenters. The van der Waals surface area contributed by atoms with Gasteiger partial charge in [0.2, 0.25) is 0 Å². The second-order valence-corrected chi connectivity index (χ2v) is 10.3. The van der Waals surface area contributed by atoms with Crippen molar-refractivity contribution in [3.8, 4) is 17.0 Å². The summed E-state index contributed by atoms with van der Waals surface area (Å²) in [6.45, 7) is 2.36. The molecule has 180 valence electrons. The number of hydrogen-bond donors (Lipinski definition) is 0. The zero-order valence-electron chi connectivity index (χ0n) is 18.9. The van der Waals surface area contributed by atoms with Crippen LogP contribution in [0.25, 0.3) is 11.3 Å². The zero-order chi connectivity index (χ0) is 23.9. The van der Waals surface area contributed by atoms with E-state index >= 15 is 0 Å². The van der Waals surface area contributed by atoms with Crippen molar-refractivity contribution in [2.24, 2.45) is 0 Å². The Morgan fingerprint density at radius 1 is 1.15 bits per heavy atom. The van der Waals surface area contributed by atoms with Gasteiger partial charge in [-0.05, 0) is 30.3 Å². The topological polar surface area (TPSA) is 73.2 Å². The predicted molar refractivity (Wildman–Crippen MR) is 125 cm³/mol. The summed E-state index contributed by atoms with van der Waals surface area (Å²) in [4.78, 5) is 3.95. The molecule has 0 aliphatic carbocycles. The van der Waals surface area contributed by atoms with Crippen LogP contribution in [-0.4, -0.2) is 70.2 Å². The second-order valence-electron chi connectivity index (χ2n) is 8.46. The Labute approximate surface area is 198 Å². The van der Waals surface area contributed by atoms with Crippen LogP contribution in [-0.2, 0) is 19.5 Å². The van der Waals surface area contributed by atoms with Crippen LogP contribution in [0.15, 0.2) is 65.7 Å². The lowest BCUT2D eigenvalue weighted by atomic mass is 10.1. The van der Waals surface area contributed by atoms with Crippen LogP contribution in [0.5, 0.6) is 5.75 Å². The monoisotopic (exact) mass is 487 g/mol.